The molecule has 0 aromatic rings. The molecule has 0 aromatic carbocycles. The van der Waals surface area contributed by atoms with Crippen molar-refractivity contribution < 1.29 is 50.7 Å². The van der Waals surface area contributed by atoms with Crippen LogP contribution in [-0.4, -0.2) is 64.7 Å². The van der Waals surface area contributed by atoms with Crippen molar-refractivity contribution in [2.45, 2.75) is 89.2 Å². The molecule has 5 aliphatic rings. The van der Waals surface area contributed by atoms with Crippen molar-refractivity contribution in [1.29, 1.82) is 0 Å². The van der Waals surface area contributed by atoms with Crippen LogP contribution >= 0.6 is 0 Å². The molecule has 35 heavy (non-hydrogen) atoms. The Morgan fingerprint density at radius 3 is 2.66 bits per heavy atom. The lowest BCUT2D eigenvalue weighted by Crippen LogP contribution is -2.71. The predicted molar refractivity (Wildman–Crippen MR) is 118 cm³/mol. The molecule has 4 aliphatic carbocycles. The predicted octanol–water partition coefficient (Wildman–Crippen LogP) is 2.94. The molecule has 4 fully saturated rings. The van der Waals surface area contributed by atoms with E-state index in [2.05, 4.69) is 0 Å². The highest BCUT2D eigenvalue weighted by atomic mass is 19.1. The van der Waals surface area contributed by atoms with E-state index in [-0.39, 0.29) is 12.0 Å². The van der Waals surface area contributed by atoms with Gasteiger partial charge in [0.15, 0.2) is 29.4 Å². The second-order valence-corrected chi connectivity index (χ2v) is 10.9. The number of hydrogen-bond acceptors (Lipinski definition) is 7. The lowest BCUT2D eigenvalue weighted by atomic mass is 9.44. The number of fused-ring (bicyclic) bond motifs is 7. The monoisotopic (exact) mass is 500 g/mol. The zero-order valence-electron chi connectivity index (χ0n) is 25.6. The van der Waals surface area contributed by atoms with Crippen molar-refractivity contribution >= 4 is 17.5 Å². The molecule has 9 heteroatoms. The molecular weight excluding hydrogens is 462 g/mol. The summed E-state index contributed by atoms with van der Waals surface area (Å²) < 4.78 is 97.9. The summed E-state index contributed by atoms with van der Waals surface area (Å²) in [5, 5.41) is 11.6. The maximum absolute atomic E-state index is 17.5. The summed E-state index contributed by atoms with van der Waals surface area (Å²) in [5.41, 5.74) is -8.44. The lowest BCUT2D eigenvalue weighted by molar-refractivity contribution is -0.249. The first-order valence-corrected chi connectivity index (χ1v) is 11.6. The highest BCUT2D eigenvalue weighted by Gasteiger charge is 2.80. The largest absolute Gasteiger partial charge is 0.458 e. The molecular formula is C26H32F2O7. The van der Waals surface area contributed by atoms with Crippen molar-refractivity contribution in [3.05, 3.63) is 23.8 Å². The Hall–Kier alpha value is -1.97. The van der Waals surface area contributed by atoms with Gasteiger partial charge in [-0.2, -0.15) is 0 Å². The van der Waals surface area contributed by atoms with Crippen LogP contribution in [0, 0.1) is 22.7 Å². The summed E-state index contributed by atoms with van der Waals surface area (Å²) in [5.74, 6) is -7.90. The van der Waals surface area contributed by atoms with Crippen LogP contribution in [-0.2, 0) is 28.6 Å². The Morgan fingerprint density at radius 2 is 2.00 bits per heavy atom. The molecule has 3 saturated carbocycles. The van der Waals surface area contributed by atoms with Crippen molar-refractivity contribution in [3.63, 3.8) is 0 Å². The first-order chi connectivity index (χ1) is 18.6. The minimum atomic E-state index is -3.43. The van der Waals surface area contributed by atoms with E-state index in [0.717, 1.165) is 19.1 Å². The maximum atomic E-state index is 17.5. The Kier molecular flexibility index (Phi) is 3.81. The summed E-state index contributed by atoms with van der Waals surface area (Å²) in [6.07, 6.45) is -3.15. The van der Waals surface area contributed by atoms with Gasteiger partial charge in [-0.3, -0.25) is 14.4 Å². The fourth-order valence-electron chi connectivity index (χ4n) is 7.77. The fraction of sp³-hybridized carbons (Fsp3) is 0.731. The molecule has 0 radical (unpaired) electrons. The van der Waals surface area contributed by atoms with E-state index in [0.29, 0.717) is 0 Å². The number of alkyl halides is 2. The maximum Gasteiger partial charge on any atom is 0.303 e. The zero-order valence-corrected chi connectivity index (χ0v) is 19.6. The number of aliphatic hydroxyl groups is 1. The molecule has 1 saturated heterocycles. The Balaban J connectivity index is 1.68. The Bertz CT molecular complexity index is 1250. The van der Waals surface area contributed by atoms with E-state index in [1.165, 1.54) is 19.9 Å². The second-order valence-electron chi connectivity index (χ2n) is 10.9. The molecule has 1 aliphatic heterocycles. The average molecular weight is 501 g/mol. The molecule has 0 amide bonds. The molecule has 5 rings (SSSR count). The van der Waals surface area contributed by atoms with Crippen LogP contribution in [0.25, 0.3) is 0 Å². The highest BCUT2D eigenvalue weighted by molar-refractivity contribution is 6.01. The summed E-state index contributed by atoms with van der Waals surface area (Å²) >= 11 is 0. The third kappa shape index (κ3) is 2.95. The van der Waals surface area contributed by atoms with Gasteiger partial charge in [0, 0.05) is 31.9 Å². The van der Waals surface area contributed by atoms with Crippen LogP contribution in [0.5, 0.6) is 0 Å². The van der Waals surface area contributed by atoms with Gasteiger partial charge in [-0.15, -0.1) is 0 Å². The number of ether oxygens (including phenoxy) is 3. The van der Waals surface area contributed by atoms with Crippen LogP contribution in [0.2, 0.25) is 0 Å². The van der Waals surface area contributed by atoms with Gasteiger partial charge in [0.2, 0.25) is 5.78 Å². The highest BCUT2D eigenvalue weighted by Crippen LogP contribution is 2.72. The fourth-order valence-corrected chi connectivity index (χ4v) is 7.77. The quantitative estimate of drug-likeness (QED) is 0.595. The smallest absolute Gasteiger partial charge is 0.303 e. The number of allylic oxidation sites excluding steroid dienone is 4. The van der Waals surface area contributed by atoms with Gasteiger partial charge in [0.25, 0.3) is 0 Å². The molecule has 0 spiro atoms. The van der Waals surface area contributed by atoms with Crippen LogP contribution in [0.3, 0.4) is 0 Å². The van der Waals surface area contributed by atoms with Crippen LogP contribution in [0.1, 0.15) is 62.0 Å². The number of ketones is 2. The van der Waals surface area contributed by atoms with Gasteiger partial charge in [-0.1, -0.05) is 13.0 Å². The number of hydrogen-bond donors (Lipinski definition) is 1. The van der Waals surface area contributed by atoms with Gasteiger partial charge in [-0.05, 0) is 63.5 Å². The van der Waals surface area contributed by atoms with E-state index in [9.17, 15) is 19.5 Å². The van der Waals surface area contributed by atoms with E-state index in [4.69, 9.17) is 22.4 Å². The topological polar surface area (TPSA) is 99.1 Å². The van der Waals surface area contributed by atoms with E-state index >= 15 is 8.78 Å². The van der Waals surface area contributed by atoms with Gasteiger partial charge in [0.1, 0.15) is 6.17 Å². The number of esters is 1. The second kappa shape index (κ2) is 7.29. The van der Waals surface area contributed by atoms with Crippen LogP contribution in [0.15, 0.2) is 23.8 Å². The summed E-state index contributed by atoms with van der Waals surface area (Å²) in [4.78, 5) is 37.6. The van der Waals surface area contributed by atoms with Crippen molar-refractivity contribution in [2.75, 3.05) is 6.61 Å². The Labute approximate surface area is 211 Å². The van der Waals surface area contributed by atoms with E-state index in [1.54, 1.807) is 0 Å². The number of halogens is 2. The molecule has 7 nitrogen and oxygen atoms in total. The van der Waals surface area contributed by atoms with E-state index in [1.807, 2.05) is 0 Å². The van der Waals surface area contributed by atoms with Gasteiger partial charge < -0.3 is 19.3 Å². The SMILES string of the molecule is [2H]C([2H])([2H])C1(C([2H])([2H])[2H])O[C@@H]2C[C@H]3[C@@H]4C[C@H](F)C5=CC(=O)C=C[C@]5(C)[C@@]4(F)[C@@H](O)C[C@]3(C)[C@]2(C(=O)COC(C)=O)O1. The van der Waals surface area contributed by atoms with Gasteiger partial charge in [-0.25, -0.2) is 8.78 Å². The van der Waals surface area contributed by atoms with Crippen LogP contribution < -0.4 is 0 Å². The van der Waals surface area contributed by atoms with E-state index < -0.39 is 109 Å². The average Bonchev–Trinajstić information content (AvgIpc) is 3.32. The third-order valence-electron chi connectivity index (χ3n) is 9.22. The number of carbonyl (C=O) groups is 3. The van der Waals surface area contributed by atoms with Gasteiger partial charge in [0.05, 0.1) is 12.2 Å². The summed E-state index contributed by atoms with van der Waals surface area (Å²) in [6, 6.07) is 0. The Morgan fingerprint density at radius 1 is 1.29 bits per heavy atom. The van der Waals surface area contributed by atoms with Crippen molar-refractivity contribution in [2.24, 2.45) is 22.7 Å². The number of carbonyl (C=O) groups excluding carboxylic acids is 3. The third-order valence-corrected chi connectivity index (χ3v) is 9.22. The molecule has 9 atom stereocenters. The van der Waals surface area contributed by atoms with Crippen molar-refractivity contribution in [1.82, 2.24) is 0 Å². The number of rotatable bonds is 3. The zero-order chi connectivity index (χ0) is 30.8. The molecule has 192 valence electrons. The molecule has 1 N–H and O–H groups in total. The molecule has 0 unspecified atom stereocenters. The minimum absolute atomic E-state index is 0.110. The van der Waals surface area contributed by atoms with Crippen molar-refractivity contribution in [3.8, 4) is 0 Å². The first-order valence-electron chi connectivity index (χ1n) is 14.6. The summed E-state index contributed by atoms with van der Waals surface area (Å²) in [7, 11) is 0. The molecule has 1 heterocycles. The molecule has 0 aromatic heterocycles. The first kappa shape index (κ1) is 18.3. The molecule has 0 bridgehead atoms. The normalized spacial score (nSPS) is 52.7. The minimum Gasteiger partial charge on any atom is -0.458 e. The standard InChI is InChI=1S/C26H32F2O7/c1-13(29)33-12-20(32)26-21(34-22(2,3)35-26)10-15-16-9-18(27)17-8-14(30)6-7-23(17,4)25(16,28)19(31)11-24(15,26)5/h6-8,15-16,18-19,21,31H,9-12H2,1-5H3/t15-,16-,18-,19-,21+,23-,24-,25-,26+/m0/s1/i2D3,3D3. The lowest BCUT2D eigenvalue weighted by Gasteiger charge is -2.63. The number of aliphatic hydroxyl groups excluding tert-OH is 1. The van der Waals surface area contributed by atoms with Crippen LogP contribution in [0.4, 0.5) is 8.78 Å². The number of Topliss-reactive ketones (excluding diaryl/α,β-unsaturated/α-hetero) is 1. The van der Waals surface area contributed by atoms with Gasteiger partial charge >= 0.3 is 5.97 Å². The summed E-state index contributed by atoms with van der Waals surface area (Å²) in [6.45, 7) is -3.93.